The Balaban J connectivity index is 1.94. The van der Waals surface area contributed by atoms with Gasteiger partial charge in [0.25, 0.3) is 0 Å². The fraction of sp³-hybridized carbons (Fsp3) is 0.882. The van der Waals surface area contributed by atoms with Gasteiger partial charge in [-0.05, 0) is 67.1 Å². The quantitative estimate of drug-likeness (QED) is 0.504. The average Bonchev–Trinajstić information content (AvgIpc) is 2.28. The lowest BCUT2D eigenvalue weighted by Crippen LogP contribution is -2.51. The third-order valence-corrected chi connectivity index (χ3v) is 6.46. The van der Waals surface area contributed by atoms with E-state index in [-0.39, 0.29) is 0 Å². The summed E-state index contributed by atoms with van der Waals surface area (Å²) in [6, 6.07) is 0. The van der Waals surface area contributed by atoms with Crippen LogP contribution in [0.1, 0.15) is 65.7 Å². The van der Waals surface area contributed by atoms with Gasteiger partial charge < -0.3 is 0 Å². The molecule has 0 radical (unpaired) electrons. The summed E-state index contributed by atoms with van der Waals surface area (Å²) < 4.78 is 0. The van der Waals surface area contributed by atoms with Gasteiger partial charge in [-0.2, -0.15) is 0 Å². The van der Waals surface area contributed by atoms with E-state index < -0.39 is 0 Å². The highest BCUT2D eigenvalue weighted by Crippen LogP contribution is 2.62. The van der Waals surface area contributed by atoms with Crippen LogP contribution in [0.2, 0.25) is 0 Å². The van der Waals surface area contributed by atoms with Gasteiger partial charge in [0, 0.05) is 0 Å². The van der Waals surface area contributed by atoms with Crippen molar-refractivity contribution in [1.29, 1.82) is 0 Å². The molecule has 3 rings (SSSR count). The Bertz CT molecular complexity index is 325. The monoisotopic (exact) mass is 232 g/mol. The van der Waals surface area contributed by atoms with Crippen molar-refractivity contribution in [2.75, 3.05) is 0 Å². The van der Waals surface area contributed by atoms with E-state index in [0.29, 0.717) is 10.8 Å². The minimum atomic E-state index is 0.596. The van der Waals surface area contributed by atoms with Gasteiger partial charge in [-0.1, -0.05) is 39.3 Å². The van der Waals surface area contributed by atoms with Gasteiger partial charge in [0.2, 0.25) is 0 Å². The standard InChI is InChI=1S/C17H28/c1-16(2)11-6-12-17(3)14-8-5-4-7-13(14)9-10-15(16)17/h4,7,13-15H,5-6,8-12H2,1-3H3. The van der Waals surface area contributed by atoms with Crippen LogP contribution in [0.15, 0.2) is 12.2 Å². The zero-order valence-corrected chi connectivity index (χ0v) is 11.8. The van der Waals surface area contributed by atoms with E-state index in [2.05, 4.69) is 32.9 Å². The average molecular weight is 232 g/mol. The molecular formula is C17H28. The minimum Gasteiger partial charge on any atom is -0.0882 e. The summed E-state index contributed by atoms with van der Waals surface area (Å²) in [5.74, 6) is 2.89. The summed E-state index contributed by atoms with van der Waals surface area (Å²) in [5, 5.41) is 0. The lowest BCUT2D eigenvalue weighted by Gasteiger charge is -2.60. The van der Waals surface area contributed by atoms with Gasteiger partial charge in [0.05, 0.1) is 0 Å². The molecule has 0 N–H and O–H groups in total. The molecule has 17 heavy (non-hydrogen) atoms. The second-order valence-electron chi connectivity index (χ2n) is 7.75. The molecule has 2 saturated carbocycles. The first-order valence-electron chi connectivity index (χ1n) is 7.71. The summed E-state index contributed by atoms with van der Waals surface area (Å²) in [7, 11) is 0. The SMILES string of the molecule is CC1(C)CCCC2(C)C3CCC=CC3CCC12. The zero-order valence-electron chi connectivity index (χ0n) is 11.8. The summed E-state index contributed by atoms with van der Waals surface area (Å²) >= 11 is 0. The molecule has 0 amide bonds. The molecule has 0 heteroatoms. The molecule has 2 fully saturated rings. The van der Waals surface area contributed by atoms with Crippen LogP contribution in [0.3, 0.4) is 0 Å². The first kappa shape index (κ1) is 11.8. The summed E-state index contributed by atoms with van der Waals surface area (Å²) in [6.07, 6.45) is 15.2. The molecule has 4 atom stereocenters. The highest BCUT2D eigenvalue weighted by Gasteiger charge is 2.53. The molecule has 0 spiro atoms. The third kappa shape index (κ3) is 1.71. The maximum absolute atomic E-state index is 2.63. The van der Waals surface area contributed by atoms with Crippen molar-refractivity contribution in [1.82, 2.24) is 0 Å². The van der Waals surface area contributed by atoms with Crippen LogP contribution in [-0.4, -0.2) is 0 Å². The van der Waals surface area contributed by atoms with Crippen LogP contribution in [0.5, 0.6) is 0 Å². The van der Waals surface area contributed by atoms with Crippen molar-refractivity contribution in [2.24, 2.45) is 28.6 Å². The molecule has 0 aromatic carbocycles. The Morgan fingerprint density at radius 2 is 1.82 bits per heavy atom. The minimum absolute atomic E-state index is 0.596. The molecule has 0 bridgehead atoms. The van der Waals surface area contributed by atoms with Crippen molar-refractivity contribution < 1.29 is 0 Å². The summed E-state index contributed by atoms with van der Waals surface area (Å²) in [5.41, 5.74) is 1.24. The predicted molar refractivity (Wildman–Crippen MR) is 73.8 cm³/mol. The van der Waals surface area contributed by atoms with Gasteiger partial charge in [-0.3, -0.25) is 0 Å². The zero-order chi connectivity index (χ0) is 12.1. The first-order chi connectivity index (χ1) is 8.04. The van der Waals surface area contributed by atoms with Gasteiger partial charge in [0.1, 0.15) is 0 Å². The Hall–Kier alpha value is -0.260. The molecule has 0 aliphatic heterocycles. The molecular weight excluding hydrogens is 204 g/mol. The molecule has 0 saturated heterocycles. The van der Waals surface area contributed by atoms with Crippen molar-refractivity contribution in [3.63, 3.8) is 0 Å². The van der Waals surface area contributed by atoms with Crippen LogP contribution < -0.4 is 0 Å². The fourth-order valence-electron chi connectivity index (χ4n) is 5.70. The van der Waals surface area contributed by atoms with Crippen LogP contribution >= 0.6 is 0 Å². The number of hydrogen-bond donors (Lipinski definition) is 0. The molecule has 3 aliphatic rings. The highest BCUT2D eigenvalue weighted by molar-refractivity contribution is 5.09. The topological polar surface area (TPSA) is 0 Å². The third-order valence-electron chi connectivity index (χ3n) is 6.46. The highest BCUT2D eigenvalue weighted by atomic mass is 14.6. The van der Waals surface area contributed by atoms with Crippen molar-refractivity contribution in [2.45, 2.75) is 65.7 Å². The van der Waals surface area contributed by atoms with E-state index in [0.717, 1.165) is 17.8 Å². The van der Waals surface area contributed by atoms with E-state index in [1.54, 1.807) is 0 Å². The number of allylic oxidation sites excluding steroid dienone is 2. The first-order valence-corrected chi connectivity index (χ1v) is 7.71. The van der Waals surface area contributed by atoms with Crippen LogP contribution in [0.4, 0.5) is 0 Å². The predicted octanol–water partition coefficient (Wildman–Crippen LogP) is 5.20. The lowest BCUT2D eigenvalue weighted by atomic mass is 9.45. The number of hydrogen-bond acceptors (Lipinski definition) is 0. The molecule has 0 aromatic rings. The second-order valence-corrected chi connectivity index (χ2v) is 7.75. The number of fused-ring (bicyclic) bond motifs is 3. The summed E-state index contributed by atoms with van der Waals surface area (Å²) in [6.45, 7) is 7.71. The van der Waals surface area contributed by atoms with Gasteiger partial charge in [-0.15, -0.1) is 0 Å². The molecule has 3 aliphatic carbocycles. The van der Waals surface area contributed by atoms with Crippen molar-refractivity contribution >= 4 is 0 Å². The van der Waals surface area contributed by atoms with Gasteiger partial charge in [-0.25, -0.2) is 0 Å². The van der Waals surface area contributed by atoms with E-state index in [4.69, 9.17) is 0 Å². The van der Waals surface area contributed by atoms with Crippen molar-refractivity contribution in [3.05, 3.63) is 12.2 Å². The lowest BCUT2D eigenvalue weighted by molar-refractivity contribution is -0.0919. The van der Waals surface area contributed by atoms with Crippen LogP contribution in [-0.2, 0) is 0 Å². The molecule has 0 heterocycles. The smallest absolute Gasteiger partial charge is 0.0200 e. The Morgan fingerprint density at radius 3 is 2.65 bits per heavy atom. The van der Waals surface area contributed by atoms with E-state index in [9.17, 15) is 0 Å². The Labute approximate surface area is 107 Å². The largest absolute Gasteiger partial charge is 0.0882 e. The second kappa shape index (κ2) is 3.87. The molecule has 96 valence electrons. The van der Waals surface area contributed by atoms with Gasteiger partial charge in [0.15, 0.2) is 0 Å². The Morgan fingerprint density at radius 1 is 1.00 bits per heavy atom. The van der Waals surface area contributed by atoms with Crippen molar-refractivity contribution in [3.8, 4) is 0 Å². The molecule has 4 unspecified atom stereocenters. The molecule has 0 aromatic heterocycles. The van der Waals surface area contributed by atoms with Gasteiger partial charge >= 0.3 is 0 Å². The Kier molecular flexibility index (Phi) is 2.69. The van der Waals surface area contributed by atoms with E-state index in [1.165, 1.54) is 44.9 Å². The maximum Gasteiger partial charge on any atom is -0.0200 e. The van der Waals surface area contributed by atoms with E-state index >= 15 is 0 Å². The summed E-state index contributed by atoms with van der Waals surface area (Å²) in [4.78, 5) is 0. The number of rotatable bonds is 0. The maximum atomic E-state index is 2.63. The van der Waals surface area contributed by atoms with E-state index in [1.807, 2.05) is 0 Å². The van der Waals surface area contributed by atoms with Crippen LogP contribution in [0, 0.1) is 28.6 Å². The molecule has 0 nitrogen and oxygen atoms in total. The van der Waals surface area contributed by atoms with Crippen LogP contribution in [0.25, 0.3) is 0 Å². The normalized spacial score (nSPS) is 48.3. The fourth-order valence-corrected chi connectivity index (χ4v) is 5.70.